The fourth-order valence-corrected chi connectivity index (χ4v) is 4.43. The number of nitrogens with zero attached hydrogens (tertiary/aromatic N) is 7. The molecule has 1 aliphatic rings. The minimum atomic E-state index is -0.538. The van der Waals surface area contributed by atoms with Crippen LogP contribution in [0.1, 0.15) is 21.7 Å². The summed E-state index contributed by atoms with van der Waals surface area (Å²) < 4.78 is 15.9. The van der Waals surface area contributed by atoms with Crippen LogP contribution in [0, 0.1) is 5.82 Å². The van der Waals surface area contributed by atoms with Gasteiger partial charge in [0.2, 0.25) is 5.91 Å². The Hall–Kier alpha value is -5.26. The third kappa shape index (κ3) is 4.17. The normalized spacial score (nSPS) is 12.7. The Morgan fingerprint density at radius 1 is 1.03 bits per heavy atom. The first-order valence-electron chi connectivity index (χ1n) is 11.6. The van der Waals surface area contributed by atoms with Gasteiger partial charge in [0.25, 0.3) is 11.5 Å². The molecule has 0 aromatic carbocycles. The first kappa shape index (κ1) is 23.2. The highest BCUT2D eigenvalue weighted by Crippen LogP contribution is 2.26. The SMILES string of the molecule is O=C(Cn1c2c(c(=O)n3nc(-c4ccncc4)cc13)CN(Cc1ccccn1)C2=O)Nc1ccc(F)cn1. The number of nitrogens with one attached hydrogen (secondary N) is 1. The number of hydrogen-bond donors (Lipinski definition) is 1. The van der Waals surface area contributed by atoms with Crippen molar-refractivity contribution in [2.45, 2.75) is 19.6 Å². The van der Waals surface area contributed by atoms with Crippen molar-refractivity contribution in [3.05, 3.63) is 106 Å². The van der Waals surface area contributed by atoms with Crippen molar-refractivity contribution >= 4 is 23.3 Å². The summed E-state index contributed by atoms with van der Waals surface area (Å²) in [5.74, 6) is -1.30. The Labute approximate surface area is 214 Å². The van der Waals surface area contributed by atoms with Gasteiger partial charge >= 0.3 is 0 Å². The van der Waals surface area contributed by atoms with E-state index in [1.54, 1.807) is 48.9 Å². The molecule has 0 saturated carbocycles. The summed E-state index contributed by atoms with van der Waals surface area (Å²) in [5, 5.41) is 7.09. The fourth-order valence-electron chi connectivity index (χ4n) is 4.43. The lowest BCUT2D eigenvalue weighted by Gasteiger charge is -2.16. The summed E-state index contributed by atoms with van der Waals surface area (Å²) in [6, 6.07) is 13.0. The molecule has 0 radical (unpaired) electrons. The second-order valence-corrected chi connectivity index (χ2v) is 8.65. The van der Waals surface area contributed by atoms with Crippen molar-refractivity contribution in [2.24, 2.45) is 0 Å². The van der Waals surface area contributed by atoms with Crippen molar-refractivity contribution in [2.75, 3.05) is 5.32 Å². The third-order valence-electron chi connectivity index (χ3n) is 6.16. The number of amides is 2. The monoisotopic (exact) mass is 510 g/mol. The highest BCUT2D eigenvalue weighted by Gasteiger charge is 2.35. The number of pyridine rings is 3. The van der Waals surface area contributed by atoms with E-state index >= 15 is 0 Å². The molecule has 188 valence electrons. The van der Waals surface area contributed by atoms with E-state index in [0.29, 0.717) is 11.4 Å². The molecule has 6 rings (SSSR count). The number of carbonyl (C=O) groups excluding carboxylic acids is 2. The summed E-state index contributed by atoms with van der Waals surface area (Å²) in [4.78, 5) is 53.8. The maximum absolute atomic E-state index is 13.6. The van der Waals surface area contributed by atoms with E-state index in [2.05, 4.69) is 25.4 Å². The summed E-state index contributed by atoms with van der Waals surface area (Å²) in [5.41, 5.74) is 2.05. The summed E-state index contributed by atoms with van der Waals surface area (Å²) >= 11 is 0. The van der Waals surface area contributed by atoms with Crippen LogP contribution in [0.3, 0.4) is 0 Å². The minimum absolute atomic E-state index is 0.0467. The molecular formula is C26H19FN8O3. The zero-order chi connectivity index (χ0) is 26.2. The predicted octanol–water partition coefficient (Wildman–Crippen LogP) is 2.28. The lowest BCUT2D eigenvalue weighted by atomic mass is 10.2. The first-order chi connectivity index (χ1) is 18.5. The van der Waals surface area contributed by atoms with Crippen molar-refractivity contribution in [3.63, 3.8) is 0 Å². The minimum Gasteiger partial charge on any atom is -0.327 e. The number of anilines is 1. The van der Waals surface area contributed by atoms with Gasteiger partial charge in [-0.3, -0.25) is 24.4 Å². The lowest BCUT2D eigenvalue weighted by Crippen LogP contribution is -2.30. The van der Waals surface area contributed by atoms with E-state index in [4.69, 9.17) is 0 Å². The molecule has 0 fully saturated rings. The van der Waals surface area contributed by atoms with Gasteiger partial charge in [0.05, 0.1) is 36.2 Å². The highest BCUT2D eigenvalue weighted by atomic mass is 19.1. The molecule has 0 atom stereocenters. The van der Waals surface area contributed by atoms with E-state index in [1.807, 2.05) is 6.07 Å². The number of halogens is 1. The van der Waals surface area contributed by atoms with Crippen LogP contribution in [0.25, 0.3) is 16.9 Å². The third-order valence-corrected chi connectivity index (χ3v) is 6.16. The second-order valence-electron chi connectivity index (χ2n) is 8.65. The van der Waals surface area contributed by atoms with Crippen LogP contribution in [-0.4, -0.2) is 45.8 Å². The van der Waals surface area contributed by atoms with E-state index in [1.165, 1.54) is 26.1 Å². The van der Waals surface area contributed by atoms with Gasteiger partial charge in [-0.25, -0.2) is 9.37 Å². The van der Waals surface area contributed by atoms with E-state index in [0.717, 1.165) is 11.8 Å². The Kier molecular flexibility index (Phi) is 5.68. The molecule has 0 aliphatic carbocycles. The van der Waals surface area contributed by atoms with Crippen LogP contribution in [0.5, 0.6) is 0 Å². The van der Waals surface area contributed by atoms with Gasteiger partial charge in [-0.15, -0.1) is 0 Å². The van der Waals surface area contributed by atoms with Crippen LogP contribution >= 0.6 is 0 Å². The van der Waals surface area contributed by atoms with Crippen molar-refractivity contribution in [3.8, 4) is 11.3 Å². The van der Waals surface area contributed by atoms with Crippen molar-refractivity contribution in [1.29, 1.82) is 0 Å². The van der Waals surface area contributed by atoms with Crippen LogP contribution in [0.15, 0.2) is 78.1 Å². The van der Waals surface area contributed by atoms with Gasteiger partial charge in [0.1, 0.15) is 29.5 Å². The van der Waals surface area contributed by atoms with Gasteiger partial charge in [-0.1, -0.05) is 6.07 Å². The van der Waals surface area contributed by atoms with Crippen LogP contribution in [0.2, 0.25) is 0 Å². The lowest BCUT2D eigenvalue weighted by molar-refractivity contribution is -0.116. The molecule has 38 heavy (non-hydrogen) atoms. The van der Waals surface area contributed by atoms with Gasteiger partial charge in [0, 0.05) is 30.2 Å². The molecule has 11 nitrogen and oxygen atoms in total. The maximum Gasteiger partial charge on any atom is 0.280 e. The average Bonchev–Trinajstić information content (AvgIpc) is 3.52. The molecule has 6 heterocycles. The number of rotatable bonds is 6. The smallest absolute Gasteiger partial charge is 0.280 e. The largest absolute Gasteiger partial charge is 0.327 e. The van der Waals surface area contributed by atoms with Crippen molar-refractivity contribution in [1.82, 2.24) is 34.0 Å². The molecule has 0 bridgehead atoms. The molecule has 2 amide bonds. The van der Waals surface area contributed by atoms with E-state index < -0.39 is 23.2 Å². The first-order valence-corrected chi connectivity index (χ1v) is 11.6. The molecule has 1 aliphatic heterocycles. The number of fused-ring (bicyclic) bond motifs is 2. The Balaban J connectivity index is 1.44. The predicted molar refractivity (Wildman–Crippen MR) is 133 cm³/mol. The van der Waals surface area contributed by atoms with Crippen LogP contribution < -0.4 is 10.9 Å². The van der Waals surface area contributed by atoms with Gasteiger partial charge in [-0.2, -0.15) is 9.61 Å². The quantitative estimate of drug-likeness (QED) is 0.371. The second kappa shape index (κ2) is 9.32. The van der Waals surface area contributed by atoms with Gasteiger partial charge < -0.3 is 14.8 Å². The highest BCUT2D eigenvalue weighted by molar-refractivity contribution is 5.98. The molecule has 0 spiro atoms. The molecule has 1 N–H and O–H groups in total. The Morgan fingerprint density at radius 2 is 1.87 bits per heavy atom. The number of aromatic nitrogens is 6. The maximum atomic E-state index is 13.6. The molecule has 5 aromatic rings. The summed E-state index contributed by atoms with van der Waals surface area (Å²) in [7, 11) is 0. The number of carbonyl (C=O) groups is 2. The molecule has 0 saturated heterocycles. The topological polar surface area (TPSA) is 127 Å². The molecule has 5 aromatic heterocycles. The molecule has 12 heteroatoms. The van der Waals surface area contributed by atoms with Gasteiger partial charge in [0.15, 0.2) is 0 Å². The zero-order valence-electron chi connectivity index (χ0n) is 19.8. The van der Waals surface area contributed by atoms with Gasteiger partial charge in [-0.05, 0) is 36.4 Å². The number of hydrogen-bond acceptors (Lipinski definition) is 7. The standard InChI is InChI=1S/C26H19FN8O3/c27-17-4-5-21(30-12-17)31-22(36)15-34-23-11-20(16-6-9-28-10-7-16)32-35(23)25(37)19-14-33(26(38)24(19)34)13-18-3-1-2-8-29-18/h1-12H,13-15H2,(H,30,31,36). The summed E-state index contributed by atoms with van der Waals surface area (Å²) in [6.45, 7) is -0.0645. The summed E-state index contributed by atoms with van der Waals surface area (Å²) in [6.07, 6.45) is 5.83. The van der Waals surface area contributed by atoms with Crippen LogP contribution in [0.4, 0.5) is 10.2 Å². The Bertz CT molecular complexity index is 1730. The molecule has 0 unspecified atom stereocenters. The van der Waals surface area contributed by atoms with E-state index in [-0.39, 0.29) is 42.4 Å². The van der Waals surface area contributed by atoms with Crippen molar-refractivity contribution < 1.29 is 14.0 Å². The zero-order valence-corrected chi connectivity index (χ0v) is 19.8. The fraction of sp³-hybridized carbons (Fsp3) is 0.115. The van der Waals surface area contributed by atoms with E-state index in [9.17, 15) is 18.8 Å². The van der Waals surface area contributed by atoms with Crippen LogP contribution in [-0.2, 0) is 24.4 Å². The Morgan fingerprint density at radius 3 is 2.61 bits per heavy atom. The molecular weight excluding hydrogens is 491 g/mol. The average molecular weight is 510 g/mol.